The number of amides is 1. The minimum absolute atomic E-state index is 0.0623. The van der Waals surface area contributed by atoms with Crippen molar-refractivity contribution in [2.24, 2.45) is 0 Å². The van der Waals surface area contributed by atoms with Crippen molar-refractivity contribution in [2.45, 2.75) is 32.0 Å². The maximum atomic E-state index is 13.1. The second kappa shape index (κ2) is 10.0. The van der Waals surface area contributed by atoms with Gasteiger partial charge in [-0.1, -0.05) is 77.3 Å². The van der Waals surface area contributed by atoms with Crippen molar-refractivity contribution in [1.29, 1.82) is 5.41 Å². The van der Waals surface area contributed by atoms with E-state index in [0.29, 0.717) is 27.6 Å². The van der Waals surface area contributed by atoms with Gasteiger partial charge in [0.2, 0.25) is 5.91 Å². The van der Waals surface area contributed by atoms with Gasteiger partial charge >= 0.3 is 0 Å². The SMILES string of the molecule is Cc1ccc(C(NC(O)c2ccc(Cl)c(Cl)c2)C(=O)NC(=N)C2=CC=CCC2)cc1. The summed E-state index contributed by atoms with van der Waals surface area (Å²) in [5.74, 6) is -0.370. The van der Waals surface area contributed by atoms with Crippen LogP contribution in [-0.2, 0) is 4.79 Å². The highest BCUT2D eigenvalue weighted by Gasteiger charge is 2.25. The lowest BCUT2D eigenvalue weighted by Gasteiger charge is -2.24. The number of aliphatic hydroxyl groups excluding tert-OH is 1. The van der Waals surface area contributed by atoms with Crippen molar-refractivity contribution in [2.75, 3.05) is 0 Å². The summed E-state index contributed by atoms with van der Waals surface area (Å²) >= 11 is 12.0. The summed E-state index contributed by atoms with van der Waals surface area (Å²) in [6.45, 7) is 1.95. The van der Waals surface area contributed by atoms with E-state index in [1.54, 1.807) is 18.2 Å². The molecule has 0 aromatic heterocycles. The Balaban J connectivity index is 1.82. The van der Waals surface area contributed by atoms with Crippen LogP contribution >= 0.6 is 23.2 Å². The van der Waals surface area contributed by atoms with E-state index in [-0.39, 0.29) is 5.84 Å². The van der Waals surface area contributed by atoms with Crippen LogP contribution in [0.4, 0.5) is 0 Å². The van der Waals surface area contributed by atoms with Crippen LogP contribution < -0.4 is 10.6 Å². The van der Waals surface area contributed by atoms with E-state index in [2.05, 4.69) is 10.6 Å². The van der Waals surface area contributed by atoms with Crippen molar-refractivity contribution in [3.8, 4) is 0 Å². The minimum Gasteiger partial charge on any atom is -0.374 e. The van der Waals surface area contributed by atoms with Gasteiger partial charge in [-0.15, -0.1) is 0 Å². The number of hydrogen-bond donors (Lipinski definition) is 4. The molecule has 0 saturated carbocycles. The zero-order valence-corrected chi connectivity index (χ0v) is 18.0. The number of nitrogens with one attached hydrogen (secondary N) is 3. The largest absolute Gasteiger partial charge is 0.374 e. The van der Waals surface area contributed by atoms with Gasteiger partial charge < -0.3 is 10.4 Å². The molecule has 0 bridgehead atoms. The number of rotatable bonds is 6. The second-order valence-corrected chi connectivity index (χ2v) is 7.92. The Morgan fingerprint density at radius 2 is 1.80 bits per heavy atom. The maximum absolute atomic E-state index is 13.1. The fourth-order valence-corrected chi connectivity index (χ4v) is 3.41. The van der Waals surface area contributed by atoms with Crippen LogP contribution in [0.1, 0.15) is 41.8 Å². The Hall–Kier alpha value is -2.44. The zero-order valence-electron chi connectivity index (χ0n) is 16.5. The predicted molar refractivity (Wildman–Crippen MR) is 121 cm³/mol. The molecular weight excluding hydrogens is 421 g/mol. The Morgan fingerprint density at radius 3 is 2.43 bits per heavy atom. The van der Waals surface area contributed by atoms with Gasteiger partial charge in [-0.2, -0.15) is 0 Å². The maximum Gasteiger partial charge on any atom is 0.247 e. The molecule has 2 aromatic carbocycles. The van der Waals surface area contributed by atoms with Gasteiger partial charge in [-0.25, -0.2) is 0 Å². The summed E-state index contributed by atoms with van der Waals surface area (Å²) in [6, 6.07) is 11.3. The number of carbonyl (C=O) groups excluding carboxylic acids is 1. The normalized spacial score (nSPS) is 15.3. The van der Waals surface area contributed by atoms with Crippen molar-refractivity contribution >= 4 is 34.9 Å². The average molecular weight is 444 g/mol. The van der Waals surface area contributed by atoms with E-state index < -0.39 is 18.2 Å². The lowest BCUT2D eigenvalue weighted by molar-refractivity contribution is -0.122. The number of hydrogen-bond acceptors (Lipinski definition) is 4. The molecule has 0 spiro atoms. The van der Waals surface area contributed by atoms with Crippen molar-refractivity contribution in [3.63, 3.8) is 0 Å². The molecule has 5 nitrogen and oxygen atoms in total. The number of halogens is 2. The smallest absolute Gasteiger partial charge is 0.247 e. The minimum atomic E-state index is -1.16. The van der Waals surface area contributed by atoms with Crippen LogP contribution in [0.25, 0.3) is 0 Å². The molecule has 2 aromatic rings. The molecule has 0 heterocycles. The molecule has 0 saturated heterocycles. The molecule has 0 aliphatic heterocycles. The van der Waals surface area contributed by atoms with Gasteiger partial charge in [0, 0.05) is 0 Å². The first-order chi connectivity index (χ1) is 14.3. The molecule has 1 aliphatic rings. The first kappa shape index (κ1) is 22.2. The quantitative estimate of drug-likeness (QED) is 0.288. The number of amidine groups is 1. The summed E-state index contributed by atoms with van der Waals surface area (Å²) in [6.07, 6.45) is 6.09. The average Bonchev–Trinajstić information content (AvgIpc) is 2.75. The van der Waals surface area contributed by atoms with Gasteiger partial charge in [0.15, 0.2) is 0 Å². The molecule has 0 fully saturated rings. The zero-order chi connectivity index (χ0) is 21.7. The molecule has 30 heavy (non-hydrogen) atoms. The van der Waals surface area contributed by atoms with E-state index in [1.165, 1.54) is 0 Å². The van der Waals surface area contributed by atoms with Gasteiger partial charge in [0.25, 0.3) is 0 Å². The van der Waals surface area contributed by atoms with Crippen molar-refractivity contribution in [1.82, 2.24) is 10.6 Å². The molecule has 2 unspecified atom stereocenters. The van der Waals surface area contributed by atoms with Gasteiger partial charge in [-0.05, 0) is 48.6 Å². The monoisotopic (exact) mass is 443 g/mol. The number of benzene rings is 2. The molecule has 1 aliphatic carbocycles. The summed E-state index contributed by atoms with van der Waals surface area (Å²) in [7, 11) is 0. The van der Waals surface area contributed by atoms with E-state index in [4.69, 9.17) is 28.6 Å². The van der Waals surface area contributed by atoms with Gasteiger partial charge in [-0.3, -0.25) is 15.5 Å². The molecule has 1 amide bonds. The van der Waals surface area contributed by atoms with E-state index in [0.717, 1.165) is 17.6 Å². The molecule has 3 rings (SSSR count). The van der Waals surface area contributed by atoms with Gasteiger partial charge in [0.1, 0.15) is 18.1 Å². The topological polar surface area (TPSA) is 85.2 Å². The number of carbonyl (C=O) groups is 1. The highest BCUT2D eigenvalue weighted by atomic mass is 35.5. The molecular formula is C23H23Cl2N3O2. The summed E-state index contributed by atoms with van der Waals surface area (Å²) in [5.41, 5.74) is 2.96. The highest BCUT2D eigenvalue weighted by molar-refractivity contribution is 6.42. The number of aryl methyl sites for hydroxylation is 1. The van der Waals surface area contributed by atoms with Crippen LogP contribution in [-0.4, -0.2) is 16.8 Å². The third kappa shape index (κ3) is 5.58. The first-order valence-electron chi connectivity index (χ1n) is 9.56. The lowest BCUT2D eigenvalue weighted by atomic mass is 10.0. The third-order valence-electron chi connectivity index (χ3n) is 4.84. The van der Waals surface area contributed by atoms with Crippen LogP contribution in [0.5, 0.6) is 0 Å². The van der Waals surface area contributed by atoms with E-state index >= 15 is 0 Å². The van der Waals surface area contributed by atoms with E-state index in [9.17, 15) is 9.90 Å². The fraction of sp³-hybridized carbons (Fsp3) is 0.217. The summed E-state index contributed by atoms with van der Waals surface area (Å²) < 4.78 is 0. The summed E-state index contributed by atoms with van der Waals surface area (Å²) in [4.78, 5) is 13.1. The lowest BCUT2D eigenvalue weighted by Crippen LogP contribution is -2.42. The Kier molecular flexibility index (Phi) is 7.45. The third-order valence-corrected chi connectivity index (χ3v) is 5.58. The molecule has 156 valence electrons. The molecule has 2 atom stereocenters. The fourth-order valence-electron chi connectivity index (χ4n) is 3.11. The first-order valence-corrected chi connectivity index (χ1v) is 10.3. The van der Waals surface area contributed by atoms with Crippen LogP contribution in [0, 0.1) is 12.3 Å². The van der Waals surface area contributed by atoms with Gasteiger partial charge in [0.05, 0.1) is 10.0 Å². The number of allylic oxidation sites excluding steroid dienone is 3. The second-order valence-electron chi connectivity index (χ2n) is 7.11. The standard InChI is InChI=1S/C23H23Cl2N3O2/c1-14-7-9-15(10-8-14)20(23(30)28-21(26)16-5-3-2-4-6-16)27-22(29)17-11-12-18(24)19(25)13-17/h2-3,5,7-13,20,22,27,29H,4,6H2,1H3,(H2,26,28,30). The molecule has 0 radical (unpaired) electrons. The van der Waals surface area contributed by atoms with E-state index in [1.807, 2.05) is 49.4 Å². The Morgan fingerprint density at radius 1 is 1.10 bits per heavy atom. The van der Waals surface area contributed by atoms with Crippen LogP contribution in [0.2, 0.25) is 10.0 Å². The molecule has 7 heteroatoms. The Bertz CT molecular complexity index is 1000. The predicted octanol–water partition coefficient (Wildman–Crippen LogP) is 4.99. The Labute approximate surface area is 185 Å². The highest BCUT2D eigenvalue weighted by Crippen LogP contribution is 2.26. The molecule has 4 N–H and O–H groups in total. The van der Waals surface area contributed by atoms with Crippen molar-refractivity contribution in [3.05, 3.63) is 93.0 Å². The summed E-state index contributed by atoms with van der Waals surface area (Å²) in [5, 5.41) is 25.2. The van der Waals surface area contributed by atoms with Crippen LogP contribution in [0.3, 0.4) is 0 Å². The number of aliphatic hydroxyl groups is 1. The van der Waals surface area contributed by atoms with Crippen molar-refractivity contribution < 1.29 is 9.90 Å². The van der Waals surface area contributed by atoms with Crippen LogP contribution in [0.15, 0.2) is 66.3 Å².